The van der Waals surface area contributed by atoms with Crippen LogP contribution >= 0.6 is 22.6 Å². The Labute approximate surface area is 129 Å². The fourth-order valence-electron chi connectivity index (χ4n) is 2.18. The summed E-state index contributed by atoms with van der Waals surface area (Å²) < 4.78 is 32.1. The molecule has 1 fully saturated rings. The lowest BCUT2D eigenvalue weighted by molar-refractivity contribution is -0.130. The molecule has 2 rings (SSSR count). The third-order valence-electron chi connectivity index (χ3n) is 3.56. The van der Waals surface area contributed by atoms with Crippen molar-refractivity contribution in [1.82, 2.24) is 0 Å². The van der Waals surface area contributed by atoms with Crippen LogP contribution < -0.4 is 11.1 Å². The Bertz CT molecular complexity index is 496. The highest BCUT2D eigenvalue weighted by atomic mass is 127. The zero-order valence-electron chi connectivity index (χ0n) is 10.7. The van der Waals surface area contributed by atoms with Crippen LogP contribution in [-0.4, -0.2) is 25.7 Å². The molecule has 0 unspecified atom stereocenters. The monoisotopic (exact) mass is 396 g/mol. The van der Waals surface area contributed by atoms with E-state index >= 15 is 0 Å². The standard InChI is InChI=1S/C13H15F2IN2O2/c14-9-5-8(6-10(15)11(9)16)18-12(19)13(7-17)1-3-20-4-2-13/h5-6H,1-4,7,17H2,(H,18,19). The molecule has 7 heteroatoms. The second kappa shape index (κ2) is 6.31. The number of halogens is 3. The molecule has 1 saturated heterocycles. The van der Waals surface area contributed by atoms with E-state index in [1.54, 1.807) is 22.6 Å². The molecule has 1 aliphatic rings. The minimum absolute atomic E-state index is 0.0970. The van der Waals surface area contributed by atoms with Crippen LogP contribution in [0.4, 0.5) is 14.5 Å². The van der Waals surface area contributed by atoms with Gasteiger partial charge >= 0.3 is 0 Å². The Morgan fingerprint density at radius 2 is 1.90 bits per heavy atom. The van der Waals surface area contributed by atoms with E-state index in [2.05, 4.69) is 5.32 Å². The number of hydrogen-bond donors (Lipinski definition) is 2. The van der Waals surface area contributed by atoms with Crippen molar-refractivity contribution < 1.29 is 18.3 Å². The van der Waals surface area contributed by atoms with Crippen molar-refractivity contribution in [3.63, 3.8) is 0 Å². The Morgan fingerprint density at radius 3 is 2.40 bits per heavy atom. The third kappa shape index (κ3) is 3.09. The summed E-state index contributed by atoms with van der Waals surface area (Å²) in [6.07, 6.45) is 1.01. The lowest BCUT2D eigenvalue weighted by Gasteiger charge is -2.34. The van der Waals surface area contributed by atoms with Gasteiger partial charge in [0.1, 0.15) is 11.6 Å². The van der Waals surface area contributed by atoms with Gasteiger partial charge in [-0.1, -0.05) is 0 Å². The molecule has 0 saturated carbocycles. The van der Waals surface area contributed by atoms with E-state index in [9.17, 15) is 13.6 Å². The lowest BCUT2D eigenvalue weighted by Crippen LogP contribution is -2.46. The molecular formula is C13H15F2IN2O2. The quantitative estimate of drug-likeness (QED) is 0.609. The summed E-state index contributed by atoms with van der Waals surface area (Å²) in [7, 11) is 0. The van der Waals surface area contributed by atoms with Gasteiger partial charge in [-0.25, -0.2) is 8.78 Å². The van der Waals surface area contributed by atoms with Crippen LogP contribution in [0, 0.1) is 20.6 Å². The predicted molar refractivity (Wildman–Crippen MR) is 79.2 cm³/mol. The zero-order valence-corrected chi connectivity index (χ0v) is 12.9. The van der Waals surface area contributed by atoms with E-state index in [1.807, 2.05) is 0 Å². The highest BCUT2D eigenvalue weighted by Gasteiger charge is 2.38. The molecule has 20 heavy (non-hydrogen) atoms. The molecule has 3 N–H and O–H groups in total. The number of carbonyl (C=O) groups excluding carboxylic acids is 1. The maximum atomic E-state index is 13.5. The normalized spacial score (nSPS) is 17.8. The molecule has 1 aliphatic heterocycles. The molecule has 0 spiro atoms. The molecule has 0 radical (unpaired) electrons. The van der Waals surface area contributed by atoms with Crippen molar-refractivity contribution in [2.45, 2.75) is 12.8 Å². The molecule has 1 aromatic rings. The molecule has 0 aromatic heterocycles. The molecule has 0 bridgehead atoms. The van der Waals surface area contributed by atoms with E-state index in [4.69, 9.17) is 10.5 Å². The summed E-state index contributed by atoms with van der Waals surface area (Å²) in [6, 6.07) is 2.21. The number of nitrogens with two attached hydrogens (primary N) is 1. The van der Waals surface area contributed by atoms with Crippen LogP contribution in [0.5, 0.6) is 0 Å². The number of anilines is 1. The third-order valence-corrected chi connectivity index (χ3v) is 4.59. The second-order valence-corrected chi connectivity index (χ2v) is 5.88. The first kappa shape index (κ1) is 15.6. The van der Waals surface area contributed by atoms with Crippen molar-refractivity contribution in [3.05, 3.63) is 27.3 Å². The number of carbonyl (C=O) groups is 1. The number of rotatable bonds is 3. The molecular weight excluding hydrogens is 381 g/mol. The molecule has 0 aliphatic carbocycles. The first-order chi connectivity index (χ1) is 9.48. The van der Waals surface area contributed by atoms with Gasteiger partial charge in [-0.3, -0.25) is 4.79 Å². The molecule has 1 heterocycles. The van der Waals surface area contributed by atoms with Crippen LogP contribution in [-0.2, 0) is 9.53 Å². The molecule has 110 valence electrons. The van der Waals surface area contributed by atoms with Gasteiger partial charge in [-0.2, -0.15) is 0 Å². The minimum Gasteiger partial charge on any atom is -0.381 e. The van der Waals surface area contributed by atoms with Crippen molar-refractivity contribution in [2.75, 3.05) is 25.1 Å². The maximum absolute atomic E-state index is 13.5. The molecule has 1 aromatic carbocycles. The van der Waals surface area contributed by atoms with Gasteiger partial charge in [0.15, 0.2) is 0 Å². The van der Waals surface area contributed by atoms with E-state index in [-0.39, 0.29) is 21.7 Å². The van der Waals surface area contributed by atoms with Gasteiger partial charge in [0.2, 0.25) is 5.91 Å². The van der Waals surface area contributed by atoms with E-state index < -0.39 is 17.0 Å². The number of hydrogen-bond acceptors (Lipinski definition) is 3. The van der Waals surface area contributed by atoms with Crippen molar-refractivity contribution in [2.24, 2.45) is 11.1 Å². The summed E-state index contributed by atoms with van der Waals surface area (Å²) in [5.41, 5.74) is 5.08. The van der Waals surface area contributed by atoms with Crippen LogP contribution in [0.3, 0.4) is 0 Å². The first-order valence-corrected chi connectivity index (χ1v) is 7.30. The Morgan fingerprint density at radius 1 is 1.35 bits per heavy atom. The summed E-state index contributed by atoms with van der Waals surface area (Å²) >= 11 is 1.57. The van der Waals surface area contributed by atoms with Gasteiger partial charge < -0.3 is 15.8 Å². The summed E-state index contributed by atoms with van der Waals surface area (Å²) in [5.74, 6) is -1.72. The van der Waals surface area contributed by atoms with Crippen LogP contribution in [0.2, 0.25) is 0 Å². The Hall–Kier alpha value is -0.800. The summed E-state index contributed by atoms with van der Waals surface area (Å²) in [4.78, 5) is 12.3. The Balaban J connectivity index is 2.18. The van der Waals surface area contributed by atoms with E-state index in [0.717, 1.165) is 12.1 Å². The average Bonchev–Trinajstić information content (AvgIpc) is 2.45. The second-order valence-electron chi connectivity index (χ2n) is 4.80. The number of benzene rings is 1. The van der Waals surface area contributed by atoms with Gasteiger partial charge in [0.05, 0.1) is 8.99 Å². The SMILES string of the molecule is NCC1(C(=O)Nc2cc(F)c(I)c(F)c2)CCOCC1. The van der Waals surface area contributed by atoms with Crippen LogP contribution in [0.15, 0.2) is 12.1 Å². The van der Waals surface area contributed by atoms with Crippen molar-refractivity contribution in [1.29, 1.82) is 0 Å². The highest BCUT2D eigenvalue weighted by molar-refractivity contribution is 14.1. The maximum Gasteiger partial charge on any atom is 0.232 e. The van der Waals surface area contributed by atoms with Crippen molar-refractivity contribution in [3.8, 4) is 0 Å². The molecule has 1 amide bonds. The first-order valence-electron chi connectivity index (χ1n) is 6.22. The Kier molecular flexibility index (Phi) is 4.92. The van der Waals surface area contributed by atoms with Crippen LogP contribution in [0.1, 0.15) is 12.8 Å². The predicted octanol–water partition coefficient (Wildman–Crippen LogP) is 2.26. The number of nitrogens with one attached hydrogen (secondary N) is 1. The van der Waals surface area contributed by atoms with Gasteiger partial charge in [-0.15, -0.1) is 0 Å². The number of amides is 1. The highest BCUT2D eigenvalue weighted by Crippen LogP contribution is 2.31. The largest absolute Gasteiger partial charge is 0.381 e. The molecule has 4 nitrogen and oxygen atoms in total. The summed E-state index contributed by atoms with van der Waals surface area (Å²) in [6.45, 7) is 1.09. The minimum atomic E-state index is -0.728. The van der Waals surface area contributed by atoms with Gasteiger partial charge in [-0.05, 0) is 47.6 Å². The average molecular weight is 396 g/mol. The van der Waals surface area contributed by atoms with E-state index in [0.29, 0.717) is 26.1 Å². The van der Waals surface area contributed by atoms with Gasteiger partial charge in [0.25, 0.3) is 0 Å². The number of ether oxygens (including phenoxy) is 1. The lowest BCUT2D eigenvalue weighted by atomic mass is 9.79. The van der Waals surface area contributed by atoms with Crippen molar-refractivity contribution >= 4 is 34.2 Å². The van der Waals surface area contributed by atoms with Crippen LogP contribution in [0.25, 0.3) is 0 Å². The zero-order chi connectivity index (χ0) is 14.8. The smallest absolute Gasteiger partial charge is 0.232 e. The summed E-state index contributed by atoms with van der Waals surface area (Å²) in [5, 5.41) is 2.55. The fourth-order valence-corrected chi connectivity index (χ4v) is 2.49. The van der Waals surface area contributed by atoms with Gasteiger partial charge in [0, 0.05) is 25.4 Å². The fraction of sp³-hybridized carbons (Fsp3) is 0.462. The molecule has 0 atom stereocenters. The van der Waals surface area contributed by atoms with E-state index in [1.165, 1.54) is 0 Å². The topological polar surface area (TPSA) is 64.4 Å².